The van der Waals surface area contributed by atoms with Crippen molar-refractivity contribution in [2.45, 2.75) is 71.1 Å². The number of piperidine rings is 1. The first kappa shape index (κ1) is 13.8. The molecule has 17 heavy (non-hydrogen) atoms. The SMILES string of the molecule is C[C@H]1CCC[C@@](C)(C#N)N1C(=O)OC(C)(C)C. The zero-order valence-electron chi connectivity index (χ0n) is 11.4. The van der Waals surface area contributed by atoms with Crippen LogP contribution < -0.4 is 0 Å². The van der Waals surface area contributed by atoms with Crippen LogP contribution in [0.2, 0.25) is 0 Å². The largest absolute Gasteiger partial charge is 0.444 e. The van der Waals surface area contributed by atoms with Crippen LogP contribution in [-0.2, 0) is 4.74 Å². The minimum atomic E-state index is -0.736. The van der Waals surface area contributed by atoms with Crippen molar-refractivity contribution in [3.8, 4) is 6.07 Å². The van der Waals surface area contributed by atoms with Crippen LogP contribution in [0.5, 0.6) is 0 Å². The van der Waals surface area contributed by atoms with Gasteiger partial charge in [0.05, 0.1) is 6.07 Å². The van der Waals surface area contributed by atoms with Crippen LogP contribution in [0.25, 0.3) is 0 Å². The Morgan fingerprint density at radius 2 is 2.12 bits per heavy atom. The van der Waals surface area contributed by atoms with Gasteiger partial charge in [0, 0.05) is 6.04 Å². The summed E-state index contributed by atoms with van der Waals surface area (Å²) in [5.41, 5.74) is -1.26. The van der Waals surface area contributed by atoms with E-state index in [-0.39, 0.29) is 12.1 Å². The lowest BCUT2D eigenvalue weighted by molar-refractivity contribution is -0.0136. The molecule has 1 heterocycles. The number of nitriles is 1. The molecule has 4 heteroatoms. The Balaban J connectivity index is 2.91. The fraction of sp³-hybridized carbons (Fsp3) is 0.846. The van der Waals surface area contributed by atoms with E-state index >= 15 is 0 Å². The first-order valence-electron chi connectivity index (χ1n) is 6.13. The fourth-order valence-corrected chi connectivity index (χ4v) is 2.28. The van der Waals surface area contributed by atoms with Crippen molar-refractivity contribution in [2.24, 2.45) is 0 Å². The second-order valence-electron chi connectivity index (χ2n) is 5.98. The third-order valence-electron chi connectivity index (χ3n) is 3.09. The molecule has 0 unspecified atom stereocenters. The highest BCUT2D eigenvalue weighted by molar-refractivity contribution is 5.70. The van der Waals surface area contributed by atoms with E-state index in [2.05, 4.69) is 6.07 Å². The lowest BCUT2D eigenvalue weighted by Gasteiger charge is -2.44. The predicted octanol–water partition coefficient (Wildman–Crippen LogP) is 3.08. The molecule has 96 valence electrons. The molecule has 0 spiro atoms. The number of hydrogen-bond donors (Lipinski definition) is 0. The van der Waals surface area contributed by atoms with Crippen molar-refractivity contribution in [2.75, 3.05) is 0 Å². The summed E-state index contributed by atoms with van der Waals surface area (Å²) in [6, 6.07) is 2.31. The molecule has 0 aromatic heterocycles. The summed E-state index contributed by atoms with van der Waals surface area (Å²) < 4.78 is 5.38. The van der Waals surface area contributed by atoms with Gasteiger partial charge in [-0.05, 0) is 53.9 Å². The molecule has 0 aliphatic carbocycles. The van der Waals surface area contributed by atoms with Crippen molar-refractivity contribution >= 4 is 6.09 Å². The van der Waals surface area contributed by atoms with Crippen LogP contribution in [0.4, 0.5) is 4.79 Å². The molecule has 0 radical (unpaired) electrons. The van der Waals surface area contributed by atoms with E-state index in [1.807, 2.05) is 34.6 Å². The zero-order chi connectivity index (χ0) is 13.3. The molecule has 2 atom stereocenters. The molecule has 0 aromatic rings. The average molecular weight is 238 g/mol. The summed E-state index contributed by atoms with van der Waals surface area (Å²) in [7, 11) is 0. The monoisotopic (exact) mass is 238 g/mol. The lowest BCUT2D eigenvalue weighted by atomic mass is 9.87. The highest BCUT2D eigenvalue weighted by Crippen LogP contribution is 2.32. The van der Waals surface area contributed by atoms with Gasteiger partial charge in [0.15, 0.2) is 0 Å². The fourth-order valence-electron chi connectivity index (χ4n) is 2.28. The van der Waals surface area contributed by atoms with E-state index in [1.165, 1.54) is 0 Å². The molecule has 1 aliphatic rings. The Labute approximate surface area is 104 Å². The first-order valence-corrected chi connectivity index (χ1v) is 6.13. The molecule has 1 amide bonds. The van der Waals surface area contributed by atoms with Gasteiger partial charge in [0.1, 0.15) is 11.1 Å². The topological polar surface area (TPSA) is 53.3 Å². The van der Waals surface area contributed by atoms with E-state index in [1.54, 1.807) is 4.90 Å². The van der Waals surface area contributed by atoms with Crippen LogP contribution in [0.1, 0.15) is 53.9 Å². The minimum absolute atomic E-state index is 0.0586. The van der Waals surface area contributed by atoms with Gasteiger partial charge in [-0.15, -0.1) is 0 Å². The van der Waals surface area contributed by atoms with Crippen molar-refractivity contribution < 1.29 is 9.53 Å². The maximum atomic E-state index is 12.2. The maximum absolute atomic E-state index is 12.2. The molecule has 1 aliphatic heterocycles. The predicted molar refractivity (Wildman–Crippen MR) is 65.4 cm³/mol. The molecule has 1 rings (SSSR count). The number of nitrogens with zero attached hydrogens (tertiary/aromatic N) is 2. The number of carbonyl (C=O) groups is 1. The Hall–Kier alpha value is -1.24. The Kier molecular flexibility index (Phi) is 3.71. The number of likely N-dealkylation sites (tertiary alicyclic amines) is 1. The summed E-state index contributed by atoms with van der Waals surface area (Å²) >= 11 is 0. The highest BCUT2D eigenvalue weighted by Gasteiger charge is 2.43. The highest BCUT2D eigenvalue weighted by atomic mass is 16.6. The average Bonchev–Trinajstić information content (AvgIpc) is 2.14. The van der Waals surface area contributed by atoms with Crippen LogP contribution in [0.15, 0.2) is 0 Å². The van der Waals surface area contributed by atoms with Crippen LogP contribution in [0, 0.1) is 11.3 Å². The Morgan fingerprint density at radius 3 is 2.59 bits per heavy atom. The summed E-state index contributed by atoms with van der Waals surface area (Å²) in [5.74, 6) is 0. The van der Waals surface area contributed by atoms with E-state index in [4.69, 9.17) is 4.74 Å². The maximum Gasteiger partial charge on any atom is 0.411 e. The number of rotatable bonds is 0. The third kappa shape index (κ3) is 3.12. The van der Waals surface area contributed by atoms with Gasteiger partial charge in [0.25, 0.3) is 0 Å². The van der Waals surface area contributed by atoms with Crippen molar-refractivity contribution in [3.05, 3.63) is 0 Å². The molecule has 0 bridgehead atoms. The van der Waals surface area contributed by atoms with Gasteiger partial charge in [-0.25, -0.2) is 4.79 Å². The van der Waals surface area contributed by atoms with E-state index in [0.717, 1.165) is 12.8 Å². The van der Waals surface area contributed by atoms with E-state index in [9.17, 15) is 10.1 Å². The molecule has 0 aromatic carbocycles. The second-order valence-corrected chi connectivity index (χ2v) is 5.98. The first-order chi connectivity index (χ1) is 7.69. The van der Waals surface area contributed by atoms with Gasteiger partial charge >= 0.3 is 6.09 Å². The molecule has 1 saturated heterocycles. The standard InChI is InChI=1S/C13H22N2O2/c1-10-7-6-8-13(5,9-14)15(10)11(16)17-12(2,3)4/h10H,6-8H2,1-5H3/t10-,13-/m0/s1. The Morgan fingerprint density at radius 1 is 1.53 bits per heavy atom. The van der Waals surface area contributed by atoms with Crippen molar-refractivity contribution in [1.82, 2.24) is 4.90 Å². The van der Waals surface area contributed by atoms with Crippen LogP contribution in [-0.4, -0.2) is 28.2 Å². The number of carbonyl (C=O) groups excluding carboxylic acids is 1. The van der Waals surface area contributed by atoms with Gasteiger partial charge < -0.3 is 4.74 Å². The molecular weight excluding hydrogens is 216 g/mol. The minimum Gasteiger partial charge on any atom is -0.444 e. The lowest BCUT2D eigenvalue weighted by Crippen LogP contribution is -2.57. The molecule has 0 N–H and O–H groups in total. The van der Waals surface area contributed by atoms with Gasteiger partial charge in [0.2, 0.25) is 0 Å². The third-order valence-corrected chi connectivity index (χ3v) is 3.09. The quantitative estimate of drug-likeness (QED) is 0.651. The second kappa shape index (κ2) is 4.56. The number of hydrogen-bond acceptors (Lipinski definition) is 3. The van der Waals surface area contributed by atoms with Crippen molar-refractivity contribution in [1.29, 1.82) is 5.26 Å². The number of amides is 1. The Bertz CT molecular complexity index is 340. The molecule has 4 nitrogen and oxygen atoms in total. The summed E-state index contributed by atoms with van der Waals surface area (Å²) in [4.78, 5) is 13.8. The van der Waals surface area contributed by atoms with Crippen LogP contribution >= 0.6 is 0 Å². The van der Waals surface area contributed by atoms with Gasteiger partial charge in [-0.2, -0.15) is 5.26 Å². The molecule has 1 fully saturated rings. The molecule has 0 saturated carbocycles. The summed E-state index contributed by atoms with van der Waals surface area (Å²) in [6.45, 7) is 9.29. The summed E-state index contributed by atoms with van der Waals surface area (Å²) in [5, 5.41) is 9.29. The van der Waals surface area contributed by atoms with Gasteiger partial charge in [-0.1, -0.05) is 0 Å². The van der Waals surface area contributed by atoms with Crippen molar-refractivity contribution in [3.63, 3.8) is 0 Å². The molecular formula is C13H22N2O2. The van der Waals surface area contributed by atoms with Gasteiger partial charge in [-0.3, -0.25) is 4.90 Å². The summed E-state index contributed by atoms with van der Waals surface area (Å²) in [6.07, 6.45) is 2.24. The zero-order valence-corrected chi connectivity index (χ0v) is 11.4. The smallest absolute Gasteiger partial charge is 0.411 e. The normalized spacial score (nSPS) is 29.6. The van der Waals surface area contributed by atoms with E-state index < -0.39 is 11.1 Å². The number of ether oxygens (including phenoxy) is 1. The van der Waals surface area contributed by atoms with E-state index in [0.29, 0.717) is 6.42 Å². The van der Waals surface area contributed by atoms with Crippen LogP contribution in [0.3, 0.4) is 0 Å².